The number of nitrogens with zero attached hydrogens (tertiary/aromatic N) is 1. The molecule has 1 aromatic rings. The first-order chi connectivity index (χ1) is 6.24. The van der Waals surface area contributed by atoms with Gasteiger partial charge in [-0.25, -0.2) is 0 Å². The van der Waals surface area contributed by atoms with Crippen molar-refractivity contribution >= 4 is 5.69 Å². The second-order valence-corrected chi connectivity index (χ2v) is 2.48. The van der Waals surface area contributed by atoms with Crippen molar-refractivity contribution in [3.05, 3.63) is 46.9 Å². The van der Waals surface area contributed by atoms with Crippen LogP contribution in [-0.2, 0) is 11.3 Å². The Bertz CT molecular complexity index is 299. The zero-order valence-corrected chi connectivity index (χ0v) is 7.10. The van der Waals surface area contributed by atoms with Crippen LogP contribution >= 0.6 is 0 Å². The smallest absolute Gasteiger partial charge is 0.269 e. The van der Waals surface area contributed by atoms with Crippen molar-refractivity contribution < 1.29 is 9.66 Å². The molecule has 0 aliphatic carbocycles. The van der Waals surface area contributed by atoms with Crippen molar-refractivity contribution in [1.82, 2.24) is 0 Å². The predicted octanol–water partition coefficient (Wildman–Crippen LogP) is 1.95. The van der Waals surface area contributed by atoms with Gasteiger partial charge in [-0.05, 0) is 12.5 Å². The zero-order valence-electron chi connectivity index (χ0n) is 7.10. The molecule has 69 valence electrons. The summed E-state index contributed by atoms with van der Waals surface area (Å²) < 4.78 is 5.02. The van der Waals surface area contributed by atoms with E-state index in [1.807, 2.05) is 0 Å². The van der Waals surface area contributed by atoms with Crippen molar-refractivity contribution in [2.75, 3.05) is 6.61 Å². The fraction of sp³-hybridized carbons (Fsp3) is 0.222. The summed E-state index contributed by atoms with van der Waals surface area (Å²) in [5, 5.41) is 10.4. The van der Waals surface area contributed by atoms with Crippen LogP contribution in [0.1, 0.15) is 5.56 Å². The molecule has 0 amide bonds. The Labute approximate surface area is 76.3 Å². The maximum atomic E-state index is 10.4. The van der Waals surface area contributed by atoms with Gasteiger partial charge in [0.2, 0.25) is 0 Å². The molecule has 0 bridgehead atoms. The van der Waals surface area contributed by atoms with Gasteiger partial charge in [0.15, 0.2) is 0 Å². The van der Waals surface area contributed by atoms with E-state index >= 15 is 0 Å². The van der Waals surface area contributed by atoms with E-state index < -0.39 is 4.92 Å². The molecule has 0 N–H and O–H groups in total. The average Bonchev–Trinajstić information content (AvgIpc) is 2.15. The Hall–Kier alpha value is -1.42. The molecule has 0 aliphatic rings. The summed E-state index contributed by atoms with van der Waals surface area (Å²) >= 11 is 0. The van der Waals surface area contributed by atoms with Gasteiger partial charge < -0.3 is 4.74 Å². The highest BCUT2D eigenvalue weighted by molar-refractivity contribution is 5.33. The molecule has 0 aliphatic heterocycles. The lowest BCUT2D eigenvalue weighted by atomic mass is 10.2. The van der Waals surface area contributed by atoms with Crippen molar-refractivity contribution in [2.45, 2.75) is 6.61 Å². The maximum Gasteiger partial charge on any atom is 0.269 e. The summed E-state index contributed by atoms with van der Waals surface area (Å²) in [6.07, 6.45) is 0. The normalized spacial score (nSPS) is 9.92. The van der Waals surface area contributed by atoms with Crippen LogP contribution in [-0.4, -0.2) is 11.5 Å². The Morgan fingerprint density at radius 3 is 2.92 bits per heavy atom. The molecule has 4 nitrogen and oxygen atoms in total. The molecule has 0 saturated carbocycles. The second-order valence-electron chi connectivity index (χ2n) is 2.48. The molecule has 13 heavy (non-hydrogen) atoms. The molecule has 0 heterocycles. The minimum atomic E-state index is -0.423. The first-order valence-corrected chi connectivity index (χ1v) is 3.84. The van der Waals surface area contributed by atoms with E-state index in [9.17, 15) is 10.1 Å². The summed E-state index contributed by atoms with van der Waals surface area (Å²) in [5.41, 5.74) is 0.878. The summed E-state index contributed by atoms with van der Waals surface area (Å²) in [6, 6.07) is 6.37. The molecular formula is C9H10NO3. The number of hydrogen-bond donors (Lipinski definition) is 0. The molecule has 1 rings (SSSR count). The van der Waals surface area contributed by atoms with Gasteiger partial charge in [0.1, 0.15) is 0 Å². The third kappa shape index (κ3) is 2.83. The van der Waals surface area contributed by atoms with Crippen LogP contribution in [0.5, 0.6) is 0 Å². The van der Waals surface area contributed by atoms with Crippen LogP contribution in [0.2, 0.25) is 0 Å². The van der Waals surface area contributed by atoms with Crippen LogP contribution in [0, 0.1) is 17.0 Å². The van der Waals surface area contributed by atoms with Crippen LogP contribution in [0.4, 0.5) is 5.69 Å². The lowest BCUT2D eigenvalue weighted by Gasteiger charge is -2.00. The van der Waals surface area contributed by atoms with Gasteiger partial charge in [-0.3, -0.25) is 10.1 Å². The van der Waals surface area contributed by atoms with E-state index in [1.54, 1.807) is 12.1 Å². The monoisotopic (exact) mass is 180 g/mol. The van der Waals surface area contributed by atoms with Gasteiger partial charge in [0, 0.05) is 18.7 Å². The van der Waals surface area contributed by atoms with E-state index in [-0.39, 0.29) is 5.69 Å². The third-order valence-corrected chi connectivity index (χ3v) is 1.53. The molecule has 0 atom stereocenters. The largest absolute Gasteiger partial charge is 0.377 e. The Kier molecular flexibility index (Phi) is 3.40. The standard InChI is InChI=1S/C9H10NO3/c1-2-13-7-8-4-3-5-9(6-8)10(11)12/h3-6H,1-2,7H2. The molecule has 4 heteroatoms. The fourth-order valence-electron chi connectivity index (χ4n) is 0.950. The topological polar surface area (TPSA) is 52.4 Å². The van der Waals surface area contributed by atoms with Gasteiger partial charge in [-0.2, -0.15) is 0 Å². The number of benzene rings is 1. The number of ether oxygens (including phenoxy) is 1. The zero-order chi connectivity index (χ0) is 9.68. The number of nitro groups is 1. The van der Waals surface area contributed by atoms with E-state index in [0.29, 0.717) is 13.2 Å². The molecule has 0 fully saturated rings. The van der Waals surface area contributed by atoms with E-state index in [1.165, 1.54) is 12.1 Å². The summed E-state index contributed by atoms with van der Waals surface area (Å²) in [6.45, 7) is 4.23. The van der Waals surface area contributed by atoms with Crippen LogP contribution in [0.25, 0.3) is 0 Å². The van der Waals surface area contributed by atoms with Crippen molar-refractivity contribution in [3.63, 3.8) is 0 Å². The summed E-state index contributed by atoms with van der Waals surface area (Å²) in [4.78, 5) is 9.96. The minimum absolute atomic E-state index is 0.0881. The fourth-order valence-corrected chi connectivity index (χ4v) is 0.950. The lowest BCUT2D eigenvalue weighted by Crippen LogP contribution is -1.94. The predicted molar refractivity (Wildman–Crippen MR) is 48.1 cm³/mol. The van der Waals surface area contributed by atoms with Crippen molar-refractivity contribution in [2.24, 2.45) is 0 Å². The summed E-state index contributed by atoms with van der Waals surface area (Å²) in [5.74, 6) is 0. The molecule has 0 saturated heterocycles. The summed E-state index contributed by atoms with van der Waals surface area (Å²) in [7, 11) is 0. The second kappa shape index (κ2) is 4.57. The Morgan fingerprint density at radius 2 is 2.31 bits per heavy atom. The van der Waals surface area contributed by atoms with E-state index in [0.717, 1.165) is 5.56 Å². The minimum Gasteiger partial charge on any atom is -0.377 e. The SMILES string of the molecule is [CH2]COCc1cccc([N+](=O)[O-])c1. The van der Waals surface area contributed by atoms with Gasteiger partial charge in [-0.1, -0.05) is 12.1 Å². The van der Waals surface area contributed by atoms with Crippen molar-refractivity contribution in [3.8, 4) is 0 Å². The molecule has 0 spiro atoms. The number of nitro benzene ring substituents is 1. The average molecular weight is 180 g/mol. The van der Waals surface area contributed by atoms with Gasteiger partial charge >= 0.3 is 0 Å². The third-order valence-electron chi connectivity index (χ3n) is 1.53. The Balaban J connectivity index is 2.73. The van der Waals surface area contributed by atoms with Crippen LogP contribution in [0.3, 0.4) is 0 Å². The molecular weight excluding hydrogens is 170 g/mol. The van der Waals surface area contributed by atoms with Gasteiger partial charge in [0.05, 0.1) is 11.5 Å². The quantitative estimate of drug-likeness (QED) is 0.525. The molecule has 1 radical (unpaired) electrons. The van der Waals surface area contributed by atoms with E-state index in [2.05, 4.69) is 6.92 Å². The van der Waals surface area contributed by atoms with Crippen LogP contribution in [0.15, 0.2) is 24.3 Å². The number of rotatable bonds is 4. The van der Waals surface area contributed by atoms with Gasteiger partial charge in [-0.15, -0.1) is 0 Å². The maximum absolute atomic E-state index is 10.4. The highest BCUT2D eigenvalue weighted by Gasteiger charge is 2.04. The highest BCUT2D eigenvalue weighted by Crippen LogP contribution is 2.13. The molecule has 1 aromatic carbocycles. The first-order valence-electron chi connectivity index (χ1n) is 3.84. The van der Waals surface area contributed by atoms with Gasteiger partial charge in [0.25, 0.3) is 5.69 Å². The molecule has 0 unspecified atom stereocenters. The van der Waals surface area contributed by atoms with Crippen molar-refractivity contribution in [1.29, 1.82) is 0 Å². The number of non-ortho nitro benzene ring substituents is 1. The van der Waals surface area contributed by atoms with Crippen LogP contribution < -0.4 is 0 Å². The highest BCUT2D eigenvalue weighted by atomic mass is 16.6. The first kappa shape index (κ1) is 9.67. The molecule has 0 aromatic heterocycles. The number of hydrogen-bond acceptors (Lipinski definition) is 3. The Morgan fingerprint density at radius 1 is 1.54 bits per heavy atom. The lowest BCUT2D eigenvalue weighted by molar-refractivity contribution is -0.384. The van der Waals surface area contributed by atoms with E-state index in [4.69, 9.17) is 4.74 Å².